The molecule has 372 valence electrons. The number of ether oxygens (including phenoxy) is 5. The standard InChI is InChI=1S/C50H53NO19/c1-25-32(65-46(62)39(66-35(56)22-31(54)44(59)60)37(28-16-10-7-11-17-28)51-43(58)29-18-12-8-13-19-29)24-49(63)42(67-45(61)30-20-14-9-15-21-30)40-48(6,33(55)23-34-50(40,70-69-34)68-27(3)53)41(57)38(64-26(2)52)36(25)47(49,4)5/h7-21,31-34,37-40,42,54-55,63H,22-24H2,1-6H3,(H,51,58)(H,59,60)/t31?,32-,33-,34+,37-,38+,39+,40-,42-,48+,49+,50+/m0/s1. The van der Waals surface area contributed by atoms with Crippen LogP contribution in [-0.4, -0.2) is 122 Å². The van der Waals surface area contributed by atoms with Crippen LogP contribution >= 0.6 is 0 Å². The molecule has 20 heteroatoms. The largest absolute Gasteiger partial charge is 0.479 e. The van der Waals surface area contributed by atoms with Gasteiger partial charge in [-0.15, -0.1) is 0 Å². The van der Waals surface area contributed by atoms with Crippen molar-refractivity contribution in [3.8, 4) is 0 Å². The van der Waals surface area contributed by atoms with E-state index in [-0.39, 0.29) is 27.8 Å². The van der Waals surface area contributed by atoms with Gasteiger partial charge in [0.1, 0.15) is 23.9 Å². The summed E-state index contributed by atoms with van der Waals surface area (Å²) in [7, 11) is 0. The molecule has 3 aliphatic carbocycles. The van der Waals surface area contributed by atoms with E-state index in [9.17, 15) is 49.2 Å². The Labute approximate surface area is 400 Å². The minimum atomic E-state index is -2.62. The first-order valence-electron chi connectivity index (χ1n) is 22.3. The number of benzene rings is 3. The fraction of sp³-hybridized carbons (Fsp3) is 0.440. The van der Waals surface area contributed by atoms with Crippen molar-refractivity contribution in [2.45, 2.75) is 121 Å². The normalized spacial score (nSPS) is 29.9. The van der Waals surface area contributed by atoms with Gasteiger partial charge in [-0.2, -0.15) is 4.89 Å². The first-order chi connectivity index (χ1) is 33.0. The number of rotatable bonds is 14. The van der Waals surface area contributed by atoms with E-state index in [1.54, 1.807) is 42.5 Å². The summed E-state index contributed by atoms with van der Waals surface area (Å²) in [4.78, 5) is 121. The number of nitrogens with one attached hydrogen (secondary N) is 1. The molecule has 7 rings (SSSR count). The molecule has 1 aliphatic heterocycles. The van der Waals surface area contributed by atoms with Gasteiger partial charge < -0.3 is 49.4 Å². The number of carbonyl (C=O) groups is 8. The third kappa shape index (κ3) is 9.08. The molecule has 5 N–H and O–H groups in total. The number of esters is 5. The Morgan fingerprint density at radius 2 is 1.41 bits per heavy atom. The molecular formula is C50H53NO19. The molecule has 1 unspecified atom stereocenters. The molecule has 20 nitrogen and oxygen atoms in total. The van der Waals surface area contributed by atoms with Crippen LogP contribution < -0.4 is 5.32 Å². The summed E-state index contributed by atoms with van der Waals surface area (Å²) in [6.45, 7) is 7.63. The van der Waals surface area contributed by atoms with Crippen LogP contribution in [0.3, 0.4) is 0 Å². The van der Waals surface area contributed by atoms with Crippen molar-refractivity contribution in [2.24, 2.45) is 16.7 Å². The Balaban J connectivity index is 1.42. The van der Waals surface area contributed by atoms with E-state index in [1.807, 2.05) is 0 Å². The van der Waals surface area contributed by atoms with E-state index in [1.165, 1.54) is 76.2 Å². The second kappa shape index (κ2) is 19.5. The van der Waals surface area contributed by atoms with Crippen molar-refractivity contribution in [3.63, 3.8) is 0 Å². The monoisotopic (exact) mass is 971 g/mol. The Bertz CT molecular complexity index is 2580. The van der Waals surface area contributed by atoms with Gasteiger partial charge in [0.05, 0.1) is 29.4 Å². The third-order valence-corrected chi connectivity index (χ3v) is 13.9. The van der Waals surface area contributed by atoms with Gasteiger partial charge in [-0.3, -0.25) is 24.0 Å². The van der Waals surface area contributed by atoms with Gasteiger partial charge in [0.15, 0.2) is 24.1 Å². The van der Waals surface area contributed by atoms with Crippen molar-refractivity contribution >= 4 is 47.5 Å². The second-order valence-corrected chi connectivity index (χ2v) is 18.5. The molecule has 0 radical (unpaired) electrons. The van der Waals surface area contributed by atoms with Gasteiger partial charge in [0, 0.05) is 37.7 Å². The lowest BCUT2D eigenvalue weighted by Gasteiger charge is -2.66. The molecule has 12 atom stereocenters. The lowest BCUT2D eigenvalue weighted by molar-refractivity contribution is -0.595. The molecule has 3 fully saturated rings. The predicted molar refractivity (Wildman–Crippen MR) is 236 cm³/mol. The van der Waals surface area contributed by atoms with Crippen LogP contribution in [0.5, 0.6) is 0 Å². The number of carboxylic acid groups (broad SMARTS) is 1. The lowest BCUT2D eigenvalue weighted by atomic mass is 9.46. The molecule has 2 bridgehead atoms. The van der Waals surface area contributed by atoms with Crippen molar-refractivity contribution < 1.29 is 92.2 Å². The van der Waals surface area contributed by atoms with Crippen LogP contribution in [0, 0.1) is 16.7 Å². The van der Waals surface area contributed by atoms with E-state index < -0.39 is 144 Å². The molecule has 70 heavy (non-hydrogen) atoms. The van der Waals surface area contributed by atoms with Crippen molar-refractivity contribution in [3.05, 3.63) is 119 Å². The number of aliphatic carboxylic acids is 1. The molecule has 4 aliphatic rings. The first kappa shape index (κ1) is 51.0. The van der Waals surface area contributed by atoms with Gasteiger partial charge in [-0.1, -0.05) is 80.6 Å². The van der Waals surface area contributed by atoms with E-state index in [4.69, 9.17) is 33.5 Å². The minimum Gasteiger partial charge on any atom is -0.479 e. The molecule has 3 aromatic rings. The number of Topliss-reactive ketones (excluding diaryl/α,β-unsaturated/α-hetero) is 1. The molecule has 1 heterocycles. The Morgan fingerprint density at radius 1 is 0.829 bits per heavy atom. The summed E-state index contributed by atoms with van der Waals surface area (Å²) in [5, 5.41) is 48.1. The molecule has 0 spiro atoms. The zero-order valence-electron chi connectivity index (χ0n) is 38.9. The molecule has 1 amide bonds. The van der Waals surface area contributed by atoms with E-state index in [2.05, 4.69) is 5.32 Å². The topological polar surface area (TPSA) is 294 Å². The van der Waals surface area contributed by atoms with E-state index in [0.29, 0.717) is 0 Å². The minimum absolute atomic E-state index is 0.00914. The summed E-state index contributed by atoms with van der Waals surface area (Å²) < 4.78 is 29.9. The second-order valence-electron chi connectivity index (χ2n) is 18.5. The average molecular weight is 972 g/mol. The van der Waals surface area contributed by atoms with Gasteiger partial charge in [-0.05, 0) is 54.8 Å². The first-order valence-corrected chi connectivity index (χ1v) is 22.3. The van der Waals surface area contributed by atoms with Gasteiger partial charge >= 0.3 is 35.8 Å². The molecular weight excluding hydrogens is 919 g/mol. The zero-order valence-corrected chi connectivity index (χ0v) is 38.9. The highest BCUT2D eigenvalue weighted by molar-refractivity contribution is 5.96. The van der Waals surface area contributed by atoms with Crippen molar-refractivity contribution in [2.75, 3.05) is 0 Å². The van der Waals surface area contributed by atoms with Gasteiger partial charge in [-0.25, -0.2) is 19.3 Å². The number of carbonyl (C=O) groups excluding carboxylic acids is 7. The number of carboxylic acids is 1. The van der Waals surface area contributed by atoms with Crippen LogP contribution in [0.2, 0.25) is 0 Å². The van der Waals surface area contributed by atoms with Gasteiger partial charge in [0.2, 0.25) is 6.10 Å². The van der Waals surface area contributed by atoms with Crippen LogP contribution in [0.1, 0.15) is 93.1 Å². The van der Waals surface area contributed by atoms with Crippen LogP contribution in [0.25, 0.3) is 0 Å². The Morgan fingerprint density at radius 3 is 1.96 bits per heavy atom. The quantitative estimate of drug-likeness (QED) is 0.0671. The summed E-state index contributed by atoms with van der Waals surface area (Å²) >= 11 is 0. The molecule has 2 saturated carbocycles. The zero-order chi connectivity index (χ0) is 51.1. The summed E-state index contributed by atoms with van der Waals surface area (Å²) in [6, 6.07) is 21.4. The molecule has 1 saturated heterocycles. The van der Waals surface area contributed by atoms with E-state index in [0.717, 1.165) is 13.8 Å². The molecule has 3 aromatic carbocycles. The number of aliphatic hydroxyl groups is 3. The Kier molecular flexibility index (Phi) is 14.2. The highest BCUT2D eigenvalue weighted by Crippen LogP contribution is 2.65. The van der Waals surface area contributed by atoms with Crippen LogP contribution in [0.15, 0.2) is 102 Å². The number of amides is 1. The number of fused-ring (bicyclic) bond motifs is 5. The lowest BCUT2D eigenvalue weighted by Crippen LogP contribution is -2.81. The smallest absolute Gasteiger partial charge is 0.350 e. The maximum Gasteiger partial charge on any atom is 0.350 e. The van der Waals surface area contributed by atoms with Crippen LogP contribution in [0.4, 0.5) is 0 Å². The molecule has 0 aromatic heterocycles. The number of hydrogen-bond acceptors (Lipinski definition) is 18. The number of aliphatic hydroxyl groups excluding tert-OH is 2. The predicted octanol–water partition coefficient (Wildman–Crippen LogP) is 3.01. The fourth-order valence-corrected chi connectivity index (χ4v) is 10.3. The number of ketones is 1. The maximum absolute atomic E-state index is 15.6. The van der Waals surface area contributed by atoms with E-state index >= 15 is 9.59 Å². The summed E-state index contributed by atoms with van der Waals surface area (Å²) in [5.74, 6) is -13.6. The van der Waals surface area contributed by atoms with Crippen molar-refractivity contribution in [1.29, 1.82) is 0 Å². The highest BCUT2D eigenvalue weighted by atomic mass is 17.3. The van der Waals surface area contributed by atoms with Crippen LogP contribution in [-0.2, 0) is 62.2 Å². The SMILES string of the molecule is CC(=O)O[C@H]1C(=O)[C@@]2(C)[C@H]([C@H](OC(=O)c3ccccc3)[C@]3(O)C[C@H](OC(=O)[C@H](OC(=O)CC(O)C(=O)O)[C@@H](NC(=O)c4ccccc4)c4ccccc4)C(C)=C1C3(C)C)[C@]1(OC(C)=O)OO[C@@H]1C[C@@H]2O. The average Bonchev–Trinajstić information content (AvgIpc) is 3.31. The Hall–Kier alpha value is -6.84. The fourth-order valence-electron chi connectivity index (χ4n) is 10.3. The summed E-state index contributed by atoms with van der Waals surface area (Å²) in [6.07, 6.45) is -15.6. The van der Waals surface area contributed by atoms with Gasteiger partial charge in [0.25, 0.3) is 11.7 Å². The van der Waals surface area contributed by atoms with Crippen molar-refractivity contribution in [1.82, 2.24) is 5.32 Å². The third-order valence-electron chi connectivity index (χ3n) is 13.9. The summed E-state index contributed by atoms with van der Waals surface area (Å²) in [5.41, 5.74) is -6.62. The maximum atomic E-state index is 15.6. The number of hydrogen-bond donors (Lipinski definition) is 5. The highest BCUT2D eigenvalue weighted by Gasteiger charge is 2.80.